The van der Waals surface area contributed by atoms with Gasteiger partial charge < -0.3 is 9.80 Å². The molecule has 0 radical (unpaired) electrons. The van der Waals surface area contributed by atoms with Crippen LogP contribution in [0.3, 0.4) is 0 Å². The third-order valence-corrected chi connectivity index (χ3v) is 4.54. The number of hydrogen-bond acceptors (Lipinski definition) is 4. The van der Waals surface area contributed by atoms with Crippen LogP contribution in [-0.2, 0) is 4.79 Å². The van der Waals surface area contributed by atoms with E-state index in [0.29, 0.717) is 30.2 Å². The van der Waals surface area contributed by atoms with Gasteiger partial charge >= 0.3 is 0 Å². The van der Waals surface area contributed by atoms with Gasteiger partial charge in [0.2, 0.25) is 5.91 Å². The second-order valence-electron chi connectivity index (χ2n) is 5.60. The quantitative estimate of drug-likeness (QED) is 0.828. The Kier molecular flexibility index (Phi) is 6.26. The first-order valence-corrected chi connectivity index (χ1v) is 8.41. The van der Waals surface area contributed by atoms with Gasteiger partial charge in [-0.05, 0) is 31.3 Å². The molecule has 1 aromatic rings. The van der Waals surface area contributed by atoms with Gasteiger partial charge in [0.05, 0.1) is 17.8 Å². The van der Waals surface area contributed by atoms with E-state index in [2.05, 4.69) is 29.7 Å². The van der Waals surface area contributed by atoms with Crippen LogP contribution in [0.15, 0.2) is 18.2 Å². The Morgan fingerprint density at radius 1 is 1.26 bits per heavy atom. The molecule has 0 aromatic heterocycles. The highest BCUT2D eigenvalue weighted by Crippen LogP contribution is 2.24. The van der Waals surface area contributed by atoms with Gasteiger partial charge in [-0.25, -0.2) is 0 Å². The molecular weight excluding hydrogens is 312 g/mol. The number of nitrogens with zero attached hydrogens (tertiary/aromatic N) is 4. The maximum Gasteiger partial charge on any atom is 0.236 e. The SMILES string of the molecule is CCN(CC)CC(=O)N1CCN(c2ccc(Cl)cc2C#N)CC1. The minimum Gasteiger partial charge on any atom is -0.367 e. The normalized spacial score (nSPS) is 14.9. The molecule has 5 nitrogen and oxygen atoms in total. The molecule has 1 heterocycles. The van der Waals surface area contributed by atoms with E-state index >= 15 is 0 Å². The average Bonchev–Trinajstić information content (AvgIpc) is 2.59. The summed E-state index contributed by atoms with van der Waals surface area (Å²) in [6.07, 6.45) is 0. The Morgan fingerprint density at radius 3 is 2.48 bits per heavy atom. The van der Waals surface area contributed by atoms with Crippen molar-refractivity contribution < 1.29 is 4.79 Å². The predicted octanol–water partition coefficient (Wildman–Crippen LogP) is 2.20. The van der Waals surface area contributed by atoms with E-state index < -0.39 is 0 Å². The summed E-state index contributed by atoms with van der Waals surface area (Å²) in [5.74, 6) is 0.185. The molecule has 23 heavy (non-hydrogen) atoms. The number of hydrogen-bond donors (Lipinski definition) is 0. The van der Waals surface area contributed by atoms with Gasteiger partial charge in [-0.1, -0.05) is 25.4 Å². The lowest BCUT2D eigenvalue weighted by Crippen LogP contribution is -2.51. The molecule has 1 saturated heterocycles. The first-order valence-electron chi connectivity index (χ1n) is 8.03. The molecule has 1 aliphatic rings. The van der Waals surface area contributed by atoms with E-state index in [1.807, 2.05) is 11.0 Å². The van der Waals surface area contributed by atoms with Gasteiger partial charge in [0.15, 0.2) is 0 Å². The van der Waals surface area contributed by atoms with Crippen LogP contribution >= 0.6 is 11.6 Å². The molecule has 2 rings (SSSR count). The smallest absolute Gasteiger partial charge is 0.236 e. The molecule has 124 valence electrons. The Hall–Kier alpha value is -1.77. The number of carbonyl (C=O) groups is 1. The van der Waals surface area contributed by atoms with Gasteiger partial charge in [0.25, 0.3) is 0 Å². The molecule has 6 heteroatoms. The topological polar surface area (TPSA) is 50.6 Å². The Balaban J connectivity index is 1.96. The number of anilines is 1. The summed E-state index contributed by atoms with van der Waals surface area (Å²) >= 11 is 5.95. The maximum atomic E-state index is 12.3. The van der Waals surface area contributed by atoms with Crippen LogP contribution in [0.1, 0.15) is 19.4 Å². The molecular formula is C17H23ClN4O. The van der Waals surface area contributed by atoms with Crippen LogP contribution in [-0.4, -0.2) is 61.5 Å². The molecule has 1 aromatic carbocycles. The highest BCUT2D eigenvalue weighted by Gasteiger charge is 2.23. The van der Waals surface area contributed by atoms with E-state index in [9.17, 15) is 10.1 Å². The molecule has 0 unspecified atom stereocenters. The standard InChI is InChI=1S/C17H23ClN4O/c1-3-20(4-2)13-17(23)22-9-7-21(8-10-22)16-6-5-15(18)11-14(16)12-19/h5-6,11H,3-4,7-10,13H2,1-2H3. The monoisotopic (exact) mass is 334 g/mol. The molecule has 1 aliphatic heterocycles. The van der Waals surface area contributed by atoms with Crippen LogP contribution in [0, 0.1) is 11.3 Å². The van der Waals surface area contributed by atoms with Gasteiger partial charge in [0.1, 0.15) is 6.07 Å². The van der Waals surface area contributed by atoms with Gasteiger partial charge in [-0.15, -0.1) is 0 Å². The number of halogens is 1. The Bertz CT molecular complexity index is 587. The fourth-order valence-electron chi connectivity index (χ4n) is 2.81. The number of likely N-dealkylation sites (N-methyl/N-ethyl adjacent to an activating group) is 1. The lowest BCUT2D eigenvalue weighted by molar-refractivity contribution is -0.132. The van der Waals surface area contributed by atoms with E-state index in [-0.39, 0.29) is 5.91 Å². The number of benzene rings is 1. The van der Waals surface area contributed by atoms with Crippen molar-refractivity contribution in [3.63, 3.8) is 0 Å². The molecule has 0 N–H and O–H groups in total. The second-order valence-corrected chi connectivity index (χ2v) is 6.04. The first kappa shape index (κ1) is 17.6. The van der Waals surface area contributed by atoms with Crippen molar-refractivity contribution in [3.05, 3.63) is 28.8 Å². The molecule has 1 fully saturated rings. The van der Waals surface area contributed by atoms with Crippen LogP contribution < -0.4 is 4.90 Å². The highest BCUT2D eigenvalue weighted by atomic mass is 35.5. The van der Waals surface area contributed by atoms with Crippen molar-refractivity contribution in [3.8, 4) is 6.07 Å². The third-order valence-electron chi connectivity index (χ3n) is 4.31. The van der Waals surface area contributed by atoms with Crippen LogP contribution in [0.2, 0.25) is 5.02 Å². The fraction of sp³-hybridized carbons (Fsp3) is 0.529. The number of piperazine rings is 1. The van der Waals surface area contributed by atoms with Gasteiger partial charge in [-0.2, -0.15) is 5.26 Å². The highest BCUT2D eigenvalue weighted by molar-refractivity contribution is 6.30. The largest absolute Gasteiger partial charge is 0.367 e. The zero-order valence-corrected chi connectivity index (χ0v) is 14.5. The lowest BCUT2D eigenvalue weighted by Gasteiger charge is -2.37. The summed E-state index contributed by atoms with van der Waals surface area (Å²) in [6.45, 7) is 9.24. The number of rotatable bonds is 5. The van der Waals surface area contributed by atoms with Crippen LogP contribution in [0.4, 0.5) is 5.69 Å². The van der Waals surface area contributed by atoms with E-state index in [4.69, 9.17) is 11.6 Å². The molecule has 0 bridgehead atoms. The Labute approximate surface area is 143 Å². The fourth-order valence-corrected chi connectivity index (χ4v) is 2.98. The third kappa shape index (κ3) is 4.37. The van der Waals surface area contributed by atoms with Crippen LogP contribution in [0.25, 0.3) is 0 Å². The van der Waals surface area contributed by atoms with Crippen molar-refractivity contribution in [1.29, 1.82) is 5.26 Å². The summed E-state index contributed by atoms with van der Waals surface area (Å²) in [4.78, 5) is 18.5. The summed E-state index contributed by atoms with van der Waals surface area (Å²) in [5.41, 5.74) is 1.48. The minimum atomic E-state index is 0.185. The first-order chi connectivity index (χ1) is 11.1. The summed E-state index contributed by atoms with van der Waals surface area (Å²) < 4.78 is 0. The minimum absolute atomic E-state index is 0.185. The van der Waals surface area contributed by atoms with E-state index in [0.717, 1.165) is 31.9 Å². The summed E-state index contributed by atoms with van der Waals surface area (Å²) in [5, 5.41) is 9.83. The average molecular weight is 335 g/mol. The molecule has 0 saturated carbocycles. The molecule has 0 aliphatic carbocycles. The zero-order valence-electron chi connectivity index (χ0n) is 13.8. The zero-order chi connectivity index (χ0) is 16.8. The van der Waals surface area contributed by atoms with Crippen molar-refractivity contribution >= 4 is 23.2 Å². The second kappa shape index (κ2) is 8.19. The molecule has 1 amide bonds. The van der Waals surface area contributed by atoms with Crippen LogP contribution in [0.5, 0.6) is 0 Å². The summed E-state index contributed by atoms with van der Waals surface area (Å²) in [6, 6.07) is 7.57. The number of amides is 1. The van der Waals surface area contributed by atoms with Crippen molar-refractivity contribution in [2.75, 3.05) is 50.7 Å². The Morgan fingerprint density at radius 2 is 1.91 bits per heavy atom. The predicted molar refractivity (Wildman–Crippen MR) is 92.7 cm³/mol. The van der Waals surface area contributed by atoms with Crippen molar-refractivity contribution in [2.45, 2.75) is 13.8 Å². The van der Waals surface area contributed by atoms with E-state index in [1.54, 1.807) is 12.1 Å². The molecule has 0 spiro atoms. The van der Waals surface area contributed by atoms with Gasteiger partial charge in [-0.3, -0.25) is 9.69 Å². The van der Waals surface area contributed by atoms with Gasteiger partial charge in [0, 0.05) is 31.2 Å². The lowest BCUT2D eigenvalue weighted by atomic mass is 10.1. The van der Waals surface area contributed by atoms with Crippen molar-refractivity contribution in [1.82, 2.24) is 9.80 Å². The maximum absolute atomic E-state index is 12.3. The summed E-state index contributed by atoms with van der Waals surface area (Å²) in [7, 11) is 0. The van der Waals surface area contributed by atoms with Crippen molar-refractivity contribution in [2.24, 2.45) is 0 Å². The number of carbonyl (C=O) groups excluding carboxylic acids is 1. The van der Waals surface area contributed by atoms with E-state index in [1.165, 1.54) is 0 Å². The number of nitriles is 1. The molecule has 0 atom stereocenters.